The van der Waals surface area contributed by atoms with Gasteiger partial charge in [0.1, 0.15) is 6.17 Å². The minimum atomic E-state index is -0.740. The van der Waals surface area contributed by atoms with Crippen LogP contribution in [0.25, 0.3) is 0 Å². The topological polar surface area (TPSA) is 78.5 Å². The first-order chi connectivity index (χ1) is 15.1. The number of fused-ring (bicyclic) bond motifs is 1. The van der Waals surface area contributed by atoms with Gasteiger partial charge < -0.3 is 10.6 Å². The maximum Gasteiger partial charge on any atom is 0.320 e. The van der Waals surface area contributed by atoms with E-state index < -0.39 is 12.2 Å². The van der Waals surface area contributed by atoms with Crippen LogP contribution in [0.4, 0.5) is 10.5 Å². The molecule has 31 heavy (non-hydrogen) atoms. The van der Waals surface area contributed by atoms with Gasteiger partial charge in [-0.25, -0.2) is 4.79 Å². The molecule has 0 radical (unpaired) electrons. The number of rotatable bonds is 5. The minimum Gasteiger partial charge on any atom is -0.317 e. The van der Waals surface area contributed by atoms with E-state index in [9.17, 15) is 14.4 Å². The van der Waals surface area contributed by atoms with Gasteiger partial charge in [-0.15, -0.1) is 0 Å². The molecule has 158 valence electrons. The number of nitrogens with zero attached hydrogens (tertiary/aromatic N) is 1. The van der Waals surface area contributed by atoms with Gasteiger partial charge in [-0.3, -0.25) is 14.5 Å². The van der Waals surface area contributed by atoms with Crippen LogP contribution in [0.2, 0.25) is 0 Å². The van der Waals surface area contributed by atoms with E-state index in [4.69, 9.17) is 0 Å². The van der Waals surface area contributed by atoms with Gasteiger partial charge in [0.15, 0.2) is 0 Å². The van der Waals surface area contributed by atoms with Crippen molar-refractivity contribution in [3.05, 3.63) is 78.4 Å². The van der Waals surface area contributed by atoms with E-state index in [-0.39, 0.29) is 35.5 Å². The third kappa shape index (κ3) is 3.63. The van der Waals surface area contributed by atoms with Crippen LogP contribution in [0, 0.1) is 23.7 Å². The van der Waals surface area contributed by atoms with E-state index in [1.165, 1.54) is 4.90 Å². The van der Waals surface area contributed by atoms with E-state index in [1.807, 2.05) is 48.5 Å². The lowest BCUT2D eigenvalue weighted by atomic mass is 9.63. The molecule has 6 heteroatoms. The van der Waals surface area contributed by atoms with Gasteiger partial charge in [0, 0.05) is 12.1 Å². The molecule has 0 aromatic heterocycles. The molecule has 1 aliphatic heterocycles. The van der Waals surface area contributed by atoms with E-state index in [2.05, 4.69) is 22.8 Å². The monoisotopic (exact) mass is 415 g/mol. The number of carbonyl (C=O) groups is 3. The average Bonchev–Trinajstić information content (AvgIpc) is 3.08. The molecule has 1 saturated heterocycles. The number of carbonyl (C=O) groups excluding carboxylic acids is 3. The van der Waals surface area contributed by atoms with Crippen LogP contribution < -0.4 is 10.6 Å². The fourth-order valence-electron chi connectivity index (χ4n) is 5.29. The van der Waals surface area contributed by atoms with Crippen LogP contribution in [-0.2, 0) is 16.0 Å². The second-order valence-electron chi connectivity index (χ2n) is 8.56. The number of hydrogen-bond acceptors (Lipinski definition) is 3. The summed E-state index contributed by atoms with van der Waals surface area (Å²) in [4.78, 5) is 40.9. The lowest BCUT2D eigenvalue weighted by Gasteiger charge is -2.38. The first-order valence-corrected chi connectivity index (χ1v) is 10.8. The van der Waals surface area contributed by atoms with Crippen LogP contribution >= 0.6 is 0 Å². The van der Waals surface area contributed by atoms with E-state index in [0.717, 1.165) is 18.4 Å². The Morgan fingerprint density at radius 3 is 1.97 bits per heavy atom. The van der Waals surface area contributed by atoms with Gasteiger partial charge in [-0.05, 0) is 42.4 Å². The maximum atomic E-state index is 13.4. The molecule has 2 aromatic carbocycles. The highest BCUT2D eigenvalue weighted by Crippen LogP contribution is 2.49. The highest BCUT2D eigenvalue weighted by Gasteiger charge is 2.58. The van der Waals surface area contributed by atoms with Crippen molar-refractivity contribution in [2.75, 3.05) is 5.32 Å². The SMILES string of the molecule is O=C(Nc1ccccc1)N[C@H](Cc1ccccc1)N1C(=O)[C@@H]2[C@@H](C1=O)[C@H]1C=C[C@H]2CC1. The van der Waals surface area contributed by atoms with Gasteiger partial charge in [0.05, 0.1) is 11.8 Å². The fraction of sp³-hybridized carbons (Fsp3) is 0.320. The van der Waals surface area contributed by atoms with Crippen LogP contribution in [0.3, 0.4) is 0 Å². The lowest BCUT2D eigenvalue weighted by Crippen LogP contribution is -2.53. The Morgan fingerprint density at radius 2 is 1.42 bits per heavy atom. The Balaban J connectivity index is 1.41. The Hall–Kier alpha value is -3.41. The Kier molecular flexibility index (Phi) is 5.06. The summed E-state index contributed by atoms with van der Waals surface area (Å²) in [7, 11) is 0. The number of allylic oxidation sites excluding steroid dienone is 2. The van der Waals surface area contributed by atoms with Crippen LogP contribution in [0.1, 0.15) is 18.4 Å². The number of likely N-dealkylation sites (tertiary alicyclic amines) is 1. The van der Waals surface area contributed by atoms with Crippen LogP contribution in [0.5, 0.6) is 0 Å². The second kappa shape index (κ2) is 8.02. The molecule has 5 atom stereocenters. The molecule has 6 nitrogen and oxygen atoms in total. The van der Waals surface area contributed by atoms with Crippen LogP contribution in [-0.4, -0.2) is 28.9 Å². The Morgan fingerprint density at radius 1 is 0.871 bits per heavy atom. The zero-order valence-electron chi connectivity index (χ0n) is 17.1. The van der Waals surface area contributed by atoms with Crippen molar-refractivity contribution in [3.8, 4) is 0 Å². The number of para-hydroxylation sites is 1. The Bertz CT molecular complexity index is 989. The van der Waals surface area contributed by atoms with E-state index in [1.54, 1.807) is 12.1 Å². The van der Waals surface area contributed by atoms with Gasteiger partial charge in [0.2, 0.25) is 11.8 Å². The third-order valence-electron chi connectivity index (χ3n) is 6.71. The number of anilines is 1. The van der Waals surface area contributed by atoms with Gasteiger partial charge >= 0.3 is 6.03 Å². The fourth-order valence-corrected chi connectivity index (χ4v) is 5.29. The molecular formula is C25H25N3O3. The second-order valence-corrected chi connectivity index (χ2v) is 8.56. The molecule has 2 bridgehead atoms. The molecule has 1 saturated carbocycles. The highest BCUT2D eigenvalue weighted by molar-refractivity contribution is 6.06. The predicted molar refractivity (Wildman–Crippen MR) is 117 cm³/mol. The molecular weight excluding hydrogens is 390 g/mol. The molecule has 4 aliphatic rings. The highest BCUT2D eigenvalue weighted by atomic mass is 16.2. The first kappa shape index (κ1) is 19.5. The zero-order chi connectivity index (χ0) is 21.4. The summed E-state index contributed by atoms with van der Waals surface area (Å²) < 4.78 is 0. The van der Waals surface area contributed by atoms with Crippen molar-refractivity contribution in [1.29, 1.82) is 0 Å². The van der Waals surface area contributed by atoms with Crippen molar-refractivity contribution in [3.63, 3.8) is 0 Å². The largest absolute Gasteiger partial charge is 0.320 e. The quantitative estimate of drug-likeness (QED) is 0.579. The molecule has 2 N–H and O–H groups in total. The summed E-state index contributed by atoms with van der Waals surface area (Å²) in [6, 6.07) is 18.3. The number of urea groups is 1. The molecule has 3 aliphatic carbocycles. The lowest BCUT2D eigenvalue weighted by molar-refractivity contribution is -0.143. The molecule has 0 spiro atoms. The molecule has 6 rings (SSSR count). The van der Waals surface area contributed by atoms with Crippen molar-refractivity contribution >= 4 is 23.5 Å². The smallest absolute Gasteiger partial charge is 0.317 e. The number of benzene rings is 2. The normalized spacial score (nSPS) is 27.2. The number of nitrogens with one attached hydrogen (secondary N) is 2. The predicted octanol–water partition coefficient (Wildman–Crippen LogP) is 3.57. The molecule has 2 aromatic rings. The maximum absolute atomic E-state index is 13.4. The number of hydrogen-bond donors (Lipinski definition) is 2. The first-order valence-electron chi connectivity index (χ1n) is 10.8. The van der Waals surface area contributed by atoms with E-state index in [0.29, 0.717) is 12.1 Å². The molecule has 1 heterocycles. The third-order valence-corrected chi connectivity index (χ3v) is 6.71. The molecule has 0 unspecified atom stereocenters. The number of amides is 4. The summed E-state index contributed by atoms with van der Waals surface area (Å²) in [6.45, 7) is 0. The Labute approximate surface area is 181 Å². The summed E-state index contributed by atoms with van der Waals surface area (Å²) in [6.07, 6.45) is 5.72. The summed E-state index contributed by atoms with van der Waals surface area (Å²) >= 11 is 0. The van der Waals surface area contributed by atoms with Crippen molar-refractivity contribution in [1.82, 2.24) is 10.2 Å². The van der Waals surface area contributed by atoms with Crippen molar-refractivity contribution < 1.29 is 14.4 Å². The molecule has 4 amide bonds. The summed E-state index contributed by atoms with van der Waals surface area (Å²) in [5.74, 6) is -0.675. The van der Waals surface area contributed by atoms with E-state index >= 15 is 0 Å². The molecule has 2 fully saturated rings. The summed E-state index contributed by atoms with van der Waals surface area (Å²) in [5, 5.41) is 5.68. The zero-order valence-corrected chi connectivity index (χ0v) is 17.1. The minimum absolute atomic E-state index is 0.118. The van der Waals surface area contributed by atoms with Gasteiger partial charge in [0.25, 0.3) is 0 Å². The van der Waals surface area contributed by atoms with Crippen LogP contribution in [0.15, 0.2) is 72.8 Å². The van der Waals surface area contributed by atoms with Crippen molar-refractivity contribution in [2.24, 2.45) is 23.7 Å². The van der Waals surface area contributed by atoms with Gasteiger partial charge in [-0.1, -0.05) is 60.7 Å². The van der Waals surface area contributed by atoms with Crippen molar-refractivity contribution in [2.45, 2.75) is 25.4 Å². The average molecular weight is 415 g/mol. The summed E-state index contributed by atoms with van der Waals surface area (Å²) in [5.41, 5.74) is 1.59. The standard InChI is InChI=1S/C25H25N3O3/c29-23-21-17-11-12-18(14-13-17)22(21)24(30)28(23)20(15-16-7-3-1-4-8-16)27-25(31)26-19-9-5-2-6-10-19/h1-12,17-18,20-22H,13-15H2,(H2,26,27,31)/t17-,18-,20-,21-,22-/m0/s1. The number of imide groups is 1. The van der Waals surface area contributed by atoms with Gasteiger partial charge in [-0.2, -0.15) is 0 Å².